The molecule has 0 fully saturated rings. The molecule has 1 aromatic carbocycles. The summed E-state index contributed by atoms with van der Waals surface area (Å²) in [7, 11) is -2.88. The minimum absolute atomic E-state index is 0.109. The van der Waals surface area contributed by atoms with Gasteiger partial charge in [0, 0.05) is 16.8 Å². The van der Waals surface area contributed by atoms with Gasteiger partial charge < -0.3 is 5.32 Å². The maximum Gasteiger partial charge on any atom is 0.147 e. The summed E-state index contributed by atoms with van der Waals surface area (Å²) in [6, 6.07) is 7.88. The highest BCUT2D eigenvalue weighted by Crippen LogP contribution is 2.29. The van der Waals surface area contributed by atoms with E-state index in [2.05, 4.69) is 19.2 Å². The lowest BCUT2D eigenvalue weighted by Gasteiger charge is -2.34. The van der Waals surface area contributed by atoms with Crippen molar-refractivity contribution in [1.29, 1.82) is 0 Å². The topological polar surface area (TPSA) is 46.2 Å². The van der Waals surface area contributed by atoms with Crippen LogP contribution in [0.4, 0.5) is 0 Å². The molecule has 0 aliphatic rings. The SMILES string of the molecule is CCC(CC)(NCCCS(C)(=O)=O)c1ccc(Cl)cc1. The van der Waals surface area contributed by atoms with E-state index in [1.54, 1.807) is 0 Å². The molecule has 3 nitrogen and oxygen atoms in total. The Labute approximate surface area is 127 Å². The van der Waals surface area contributed by atoms with Crippen molar-refractivity contribution in [2.45, 2.75) is 38.6 Å². The lowest BCUT2D eigenvalue weighted by atomic mass is 9.84. The van der Waals surface area contributed by atoms with Crippen LogP contribution in [0.15, 0.2) is 24.3 Å². The molecule has 0 bridgehead atoms. The maximum absolute atomic E-state index is 11.2. The number of rotatable bonds is 8. The Hall–Kier alpha value is -0.580. The van der Waals surface area contributed by atoms with Crippen LogP contribution < -0.4 is 5.32 Å². The molecule has 0 spiro atoms. The Morgan fingerprint density at radius 1 is 1.15 bits per heavy atom. The minimum atomic E-state index is -2.88. The van der Waals surface area contributed by atoms with Gasteiger partial charge in [-0.05, 0) is 43.5 Å². The number of hydrogen-bond donors (Lipinski definition) is 1. The van der Waals surface area contributed by atoms with Crippen molar-refractivity contribution < 1.29 is 8.42 Å². The Bertz CT molecular complexity index is 507. The summed E-state index contributed by atoms with van der Waals surface area (Å²) in [4.78, 5) is 0. The van der Waals surface area contributed by atoms with E-state index >= 15 is 0 Å². The van der Waals surface area contributed by atoms with E-state index in [9.17, 15) is 8.42 Å². The zero-order valence-corrected chi connectivity index (χ0v) is 14.0. The Balaban J connectivity index is 2.74. The largest absolute Gasteiger partial charge is 0.307 e. The van der Waals surface area contributed by atoms with E-state index in [0.29, 0.717) is 13.0 Å². The van der Waals surface area contributed by atoms with Gasteiger partial charge in [0.25, 0.3) is 0 Å². The zero-order chi connectivity index (χ0) is 15.2. The monoisotopic (exact) mass is 317 g/mol. The standard InChI is InChI=1S/C15H24ClNO2S/c1-4-15(5-2,13-7-9-14(16)10-8-13)17-11-6-12-20(3,18)19/h7-10,17H,4-6,11-12H2,1-3H3. The molecule has 1 rings (SSSR count). The first-order valence-corrected chi connectivity index (χ1v) is 9.45. The molecule has 1 aromatic rings. The van der Waals surface area contributed by atoms with Crippen LogP contribution in [0.3, 0.4) is 0 Å². The third-order valence-corrected chi connectivity index (χ3v) is 5.04. The molecule has 0 saturated carbocycles. The molecule has 0 heterocycles. The quantitative estimate of drug-likeness (QED) is 0.748. The van der Waals surface area contributed by atoms with Crippen LogP contribution in [-0.4, -0.2) is 27.0 Å². The number of hydrogen-bond acceptors (Lipinski definition) is 3. The highest BCUT2D eigenvalue weighted by Gasteiger charge is 2.27. The number of benzene rings is 1. The van der Waals surface area contributed by atoms with E-state index in [1.807, 2.05) is 24.3 Å². The van der Waals surface area contributed by atoms with Gasteiger partial charge in [-0.25, -0.2) is 8.42 Å². The van der Waals surface area contributed by atoms with Gasteiger partial charge in [0.15, 0.2) is 0 Å². The normalized spacial score (nSPS) is 12.6. The van der Waals surface area contributed by atoms with Crippen LogP contribution in [0.2, 0.25) is 5.02 Å². The summed E-state index contributed by atoms with van der Waals surface area (Å²) in [6.07, 6.45) is 3.81. The second-order valence-corrected chi connectivity index (χ2v) is 7.90. The van der Waals surface area contributed by atoms with Gasteiger partial charge in [0.2, 0.25) is 0 Å². The third kappa shape index (κ3) is 5.08. The first kappa shape index (κ1) is 17.5. The first-order valence-electron chi connectivity index (χ1n) is 7.02. The molecular weight excluding hydrogens is 294 g/mol. The smallest absolute Gasteiger partial charge is 0.147 e. The molecule has 0 aromatic heterocycles. The minimum Gasteiger partial charge on any atom is -0.307 e. The van der Waals surface area contributed by atoms with Crippen LogP contribution >= 0.6 is 11.6 Å². The van der Waals surface area contributed by atoms with Gasteiger partial charge in [-0.3, -0.25) is 0 Å². The van der Waals surface area contributed by atoms with Crippen LogP contribution in [0, 0.1) is 0 Å². The van der Waals surface area contributed by atoms with Gasteiger partial charge >= 0.3 is 0 Å². The molecule has 114 valence electrons. The van der Waals surface area contributed by atoms with Crippen molar-refractivity contribution in [2.75, 3.05) is 18.6 Å². The van der Waals surface area contributed by atoms with Gasteiger partial charge in [-0.15, -0.1) is 0 Å². The fourth-order valence-electron chi connectivity index (χ4n) is 2.44. The summed E-state index contributed by atoms with van der Waals surface area (Å²) >= 11 is 5.94. The van der Waals surface area contributed by atoms with Crippen molar-refractivity contribution in [3.8, 4) is 0 Å². The molecule has 1 N–H and O–H groups in total. The highest BCUT2D eigenvalue weighted by atomic mass is 35.5. The lowest BCUT2D eigenvalue weighted by Crippen LogP contribution is -2.42. The maximum atomic E-state index is 11.2. The third-order valence-electron chi connectivity index (χ3n) is 3.76. The van der Waals surface area contributed by atoms with E-state index in [-0.39, 0.29) is 11.3 Å². The molecule has 0 saturated heterocycles. The molecule has 0 unspecified atom stereocenters. The molecular formula is C15H24ClNO2S. The molecule has 0 amide bonds. The lowest BCUT2D eigenvalue weighted by molar-refractivity contribution is 0.309. The highest BCUT2D eigenvalue weighted by molar-refractivity contribution is 7.90. The van der Waals surface area contributed by atoms with Crippen molar-refractivity contribution in [3.05, 3.63) is 34.9 Å². The summed E-state index contributed by atoms with van der Waals surface area (Å²) in [5.74, 6) is 0.226. The molecule has 0 aliphatic heterocycles. The predicted octanol–water partition coefficient (Wildman–Crippen LogP) is 3.38. The Kier molecular flexibility index (Phi) is 6.49. The second-order valence-electron chi connectivity index (χ2n) is 5.21. The van der Waals surface area contributed by atoms with Gasteiger partial charge in [0.1, 0.15) is 9.84 Å². The van der Waals surface area contributed by atoms with Crippen molar-refractivity contribution in [2.24, 2.45) is 0 Å². The Morgan fingerprint density at radius 3 is 2.15 bits per heavy atom. The average molecular weight is 318 g/mol. The van der Waals surface area contributed by atoms with Gasteiger partial charge in [0.05, 0.1) is 5.75 Å². The van der Waals surface area contributed by atoms with E-state index < -0.39 is 9.84 Å². The van der Waals surface area contributed by atoms with E-state index in [1.165, 1.54) is 11.8 Å². The van der Waals surface area contributed by atoms with Gasteiger partial charge in [-0.1, -0.05) is 37.6 Å². The van der Waals surface area contributed by atoms with Crippen LogP contribution in [0.5, 0.6) is 0 Å². The predicted molar refractivity (Wildman–Crippen MR) is 86.0 cm³/mol. The van der Waals surface area contributed by atoms with Crippen LogP contribution in [0.1, 0.15) is 38.7 Å². The molecule has 0 radical (unpaired) electrons. The summed E-state index contributed by atoms with van der Waals surface area (Å²) in [6.45, 7) is 4.97. The molecule has 5 heteroatoms. The number of halogens is 1. The molecule has 0 atom stereocenters. The van der Waals surface area contributed by atoms with Crippen LogP contribution in [0.25, 0.3) is 0 Å². The summed E-state index contributed by atoms with van der Waals surface area (Å²) in [5.41, 5.74) is 1.09. The van der Waals surface area contributed by atoms with E-state index in [0.717, 1.165) is 17.9 Å². The summed E-state index contributed by atoms with van der Waals surface area (Å²) < 4.78 is 22.3. The fourth-order valence-corrected chi connectivity index (χ4v) is 3.24. The zero-order valence-electron chi connectivity index (χ0n) is 12.4. The second kappa shape index (κ2) is 7.43. The Morgan fingerprint density at radius 2 is 1.70 bits per heavy atom. The number of nitrogens with one attached hydrogen (secondary N) is 1. The summed E-state index contributed by atoms with van der Waals surface area (Å²) in [5, 5.41) is 4.26. The van der Waals surface area contributed by atoms with Crippen molar-refractivity contribution in [1.82, 2.24) is 5.32 Å². The van der Waals surface area contributed by atoms with Crippen molar-refractivity contribution >= 4 is 21.4 Å². The van der Waals surface area contributed by atoms with E-state index in [4.69, 9.17) is 11.6 Å². The molecule has 0 aliphatic carbocycles. The molecule has 20 heavy (non-hydrogen) atoms. The fraction of sp³-hybridized carbons (Fsp3) is 0.600. The van der Waals surface area contributed by atoms with Crippen LogP contribution in [-0.2, 0) is 15.4 Å². The van der Waals surface area contributed by atoms with Gasteiger partial charge in [-0.2, -0.15) is 0 Å². The number of sulfone groups is 1. The first-order chi connectivity index (χ1) is 9.33. The average Bonchev–Trinajstić information content (AvgIpc) is 2.40. The van der Waals surface area contributed by atoms with Crippen molar-refractivity contribution in [3.63, 3.8) is 0 Å².